The van der Waals surface area contributed by atoms with Crippen LogP contribution in [0.1, 0.15) is 10.4 Å². The summed E-state index contributed by atoms with van der Waals surface area (Å²) in [7, 11) is -9.40. The summed E-state index contributed by atoms with van der Waals surface area (Å²) in [6.45, 7) is 0. The number of rotatable bonds is 5. The topological polar surface area (TPSA) is 88.6 Å². The number of halogens is 1. The Kier molecular flexibility index (Phi) is 5.55. The molecule has 0 aliphatic rings. The van der Waals surface area contributed by atoms with Gasteiger partial charge in [-0.15, -0.1) is 3.71 Å². The van der Waals surface area contributed by atoms with Gasteiger partial charge in [0.2, 0.25) is 0 Å². The Morgan fingerprint density at radius 2 is 1.04 bits per heavy atom. The van der Waals surface area contributed by atoms with Gasteiger partial charge in [-0.2, -0.15) is 16.8 Å². The number of sulfonamides is 2. The lowest BCUT2D eigenvalue weighted by molar-refractivity contribution is 0.0921. The molecule has 144 valence electrons. The summed E-state index contributed by atoms with van der Waals surface area (Å²) in [4.78, 5) is 12.4. The van der Waals surface area contributed by atoms with Crippen molar-refractivity contribution in [2.75, 3.05) is 0 Å². The fourth-order valence-corrected chi connectivity index (χ4v) is 6.13. The smallest absolute Gasteiger partial charge is 0.267 e. The van der Waals surface area contributed by atoms with E-state index in [0.29, 0.717) is 5.02 Å². The van der Waals surface area contributed by atoms with Crippen molar-refractivity contribution in [3.05, 3.63) is 95.5 Å². The first-order valence-corrected chi connectivity index (χ1v) is 11.2. The molecule has 0 atom stereocenters. The van der Waals surface area contributed by atoms with Crippen LogP contribution in [0.3, 0.4) is 0 Å². The molecule has 0 N–H and O–H groups in total. The quantitative estimate of drug-likeness (QED) is 0.611. The van der Waals surface area contributed by atoms with Gasteiger partial charge in [-0.25, -0.2) is 0 Å². The lowest BCUT2D eigenvalue weighted by atomic mass is 10.2. The summed E-state index contributed by atoms with van der Waals surface area (Å²) >= 11 is 5.81. The van der Waals surface area contributed by atoms with Crippen LogP contribution in [0.5, 0.6) is 0 Å². The zero-order valence-corrected chi connectivity index (χ0v) is 16.7. The molecule has 0 bridgehead atoms. The van der Waals surface area contributed by atoms with Gasteiger partial charge in [0.15, 0.2) is 0 Å². The zero-order chi connectivity index (χ0) is 20.4. The summed E-state index contributed by atoms with van der Waals surface area (Å²) in [6.07, 6.45) is 0. The van der Waals surface area contributed by atoms with E-state index in [1.54, 1.807) is 12.1 Å². The van der Waals surface area contributed by atoms with Crippen molar-refractivity contribution in [1.29, 1.82) is 0 Å². The van der Waals surface area contributed by atoms with Crippen LogP contribution in [-0.2, 0) is 20.0 Å². The van der Waals surface area contributed by atoms with E-state index in [2.05, 4.69) is 0 Å². The molecule has 0 spiro atoms. The molecule has 9 heteroatoms. The number of nitrogens with zero attached hydrogens (tertiary/aromatic N) is 1. The largest absolute Gasteiger partial charge is 0.282 e. The predicted molar refractivity (Wildman–Crippen MR) is 105 cm³/mol. The second-order valence-electron chi connectivity index (χ2n) is 5.65. The molecule has 0 radical (unpaired) electrons. The summed E-state index contributed by atoms with van der Waals surface area (Å²) in [5.74, 6) is -1.20. The molecule has 1 amide bonds. The highest BCUT2D eigenvalue weighted by Gasteiger charge is 2.41. The zero-order valence-electron chi connectivity index (χ0n) is 14.3. The van der Waals surface area contributed by atoms with E-state index in [4.69, 9.17) is 11.6 Å². The van der Waals surface area contributed by atoms with E-state index in [1.165, 1.54) is 72.8 Å². The minimum absolute atomic E-state index is 0.0755. The highest BCUT2D eigenvalue weighted by molar-refractivity contribution is 8.05. The van der Waals surface area contributed by atoms with Crippen LogP contribution < -0.4 is 0 Å². The first kappa shape index (κ1) is 20.1. The van der Waals surface area contributed by atoms with Crippen molar-refractivity contribution in [2.45, 2.75) is 9.79 Å². The third-order valence-electron chi connectivity index (χ3n) is 3.78. The van der Waals surface area contributed by atoms with Crippen LogP contribution in [0.15, 0.2) is 94.7 Å². The SMILES string of the molecule is O=C(c1ccc(Cl)cc1)N(S(=O)(=O)c1ccccc1)S(=O)(=O)c1ccccc1. The second kappa shape index (κ2) is 7.75. The average Bonchev–Trinajstić information content (AvgIpc) is 2.69. The highest BCUT2D eigenvalue weighted by Crippen LogP contribution is 2.27. The molecule has 0 fully saturated rings. The molecule has 0 heterocycles. The molecular formula is C19H14ClNO5S2. The van der Waals surface area contributed by atoms with Crippen LogP contribution >= 0.6 is 11.6 Å². The Labute approximate surface area is 168 Å². The van der Waals surface area contributed by atoms with E-state index < -0.39 is 26.0 Å². The molecule has 0 unspecified atom stereocenters. The number of amides is 1. The lowest BCUT2D eigenvalue weighted by Gasteiger charge is -2.22. The van der Waals surface area contributed by atoms with Gasteiger partial charge in [0, 0.05) is 10.6 Å². The molecule has 3 rings (SSSR count). The molecular weight excluding hydrogens is 422 g/mol. The molecule has 0 saturated heterocycles. The predicted octanol–water partition coefficient (Wildman–Crippen LogP) is 3.56. The lowest BCUT2D eigenvalue weighted by Crippen LogP contribution is -2.41. The van der Waals surface area contributed by atoms with Gasteiger partial charge < -0.3 is 0 Å². The summed E-state index contributed by atoms with van der Waals surface area (Å²) < 4.78 is 52.5. The van der Waals surface area contributed by atoms with Crippen LogP contribution in [0.4, 0.5) is 0 Å². The molecule has 0 saturated carbocycles. The number of hydrogen-bond donors (Lipinski definition) is 0. The number of carbonyl (C=O) groups excluding carboxylic acids is 1. The molecule has 0 aliphatic carbocycles. The third kappa shape index (κ3) is 3.80. The van der Waals surface area contributed by atoms with E-state index in [9.17, 15) is 21.6 Å². The van der Waals surface area contributed by atoms with Crippen molar-refractivity contribution >= 4 is 37.6 Å². The standard InChI is InChI=1S/C19H14ClNO5S2/c20-16-13-11-15(12-14-16)19(22)21(27(23,24)17-7-3-1-4-8-17)28(25,26)18-9-5-2-6-10-18/h1-14H. The van der Waals surface area contributed by atoms with Gasteiger partial charge in [0.25, 0.3) is 26.0 Å². The van der Waals surface area contributed by atoms with E-state index in [1.807, 2.05) is 0 Å². The highest BCUT2D eigenvalue weighted by atomic mass is 35.5. The number of hydrogen-bond acceptors (Lipinski definition) is 5. The Morgan fingerprint density at radius 1 is 0.643 bits per heavy atom. The molecule has 0 aromatic heterocycles. The van der Waals surface area contributed by atoms with Crippen molar-refractivity contribution in [1.82, 2.24) is 3.71 Å². The third-order valence-corrected chi connectivity index (χ3v) is 8.15. The second-order valence-corrected chi connectivity index (χ2v) is 9.89. The maximum absolute atomic E-state index is 13.1. The molecule has 0 aliphatic heterocycles. The van der Waals surface area contributed by atoms with Gasteiger partial charge in [0.1, 0.15) is 0 Å². The fourth-order valence-electron chi connectivity index (χ4n) is 2.42. The van der Waals surface area contributed by atoms with Crippen LogP contribution in [0.25, 0.3) is 0 Å². The molecule has 6 nitrogen and oxygen atoms in total. The maximum atomic E-state index is 13.1. The van der Waals surface area contributed by atoms with Crippen LogP contribution in [-0.4, -0.2) is 26.5 Å². The molecule has 3 aromatic carbocycles. The monoisotopic (exact) mass is 435 g/mol. The van der Waals surface area contributed by atoms with E-state index >= 15 is 0 Å². The van der Waals surface area contributed by atoms with Crippen LogP contribution in [0.2, 0.25) is 5.02 Å². The first-order valence-electron chi connectivity index (χ1n) is 7.95. The van der Waals surface area contributed by atoms with E-state index in [-0.39, 0.29) is 19.1 Å². The summed E-state index contributed by atoms with van der Waals surface area (Å²) in [6, 6.07) is 19.1. The fraction of sp³-hybridized carbons (Fsp3) is 0. The summed E-state index contributed by atoms with van der Waals surface area (Å²) in [5, 5.41) is 0.319. The normalized spacial score (nSPS) is 11.8. The Balaban J connectivity index is 2.23. The Hall–Kier alpha value is -2.68. The van der Waals surface area contributed by atoms with Gasteiger partial charge in [-0.1, -0.05) is 48.0 Å². The molecule has 3 aromatic rings. The number of benzene rings is 3. The first-order chi connectivity index (χ1) is 13.2. The van der Waals surface area contributed by atoms with Crippen LogP contribution in [0, 0.1) is 0 Å². The van der Waals surface area contributed by atoms with Gasteiger partial charge in [-0.3, -0.25) is 4.79 Å². The minimum atomic E-state index is -4.70. The maximum Gasteiger partial charge on any atom is 0.282 e. The van der Waals surface area contributed by atoms with Gasteiger partial charge in [-0.05, 0) is 48.5 Å². The van der Waals surface area contributed by atoms with Crippen molar-refractivity contribution in [3.8, 4) is 0 Å². The number of carbonyl (C=O) groups is 1. The van der Waals surface area contributed by atoms with Crippen molar-refractivity contribution < 1.29 is 21.6 Å². The van der Waals surface area contributed by atoms with Crippen molar-refractivity contribution in [2.24, 2.45) is 0 Å². The van der Waals surface area contributed by atoms with Gasteiger partial charge in [0.05, 0.1) is 9.79 Å². The van der Waals surface area contributed by atoms with Gasteiger partial charge >= 0.3 is 0 Å². The van der Waals surface area contributed by atoms with E-state index in [0.717, 1.165) is 0 Å². The Bertz CT molecular complexity index is 1120. The molecule has 28 heavy (non-hydrogen) atoms. The Morgan fingerprint density at radius 3 is 1.43 bits per heavy atom. The average molecular weight is 436 g/mol. The minimum Gasteiger partial charge on any atom is -0.267 e. The summed E-state index contributed by atoms with van der Waals surface area (Å²) in [5.41, 5.74) is -0.136. The van der Waals surface area contributed by atoms with Crippen molar-refractivity contribution in [3.63, 3.8) is 0 Å².